The Hall–Kier alpha value is -1.22. The number of carboxylic acids is 1. The van der Waals surface area contributed by atoms with Crippen LogP contribution >= 0.6 is 11.6 Å². The molecule has 0 aliphatic carbocycles. The lowest BCUT2D eigenvalue weighted by Crippen LogP contribution is -2.44. The molecular formula is C11H12ClNO2. The highest BCUT2D eigenvalue weighted by atomic mass is 35.5. The fourth-order valence-electron chi connectivity index (χ4n) is 1.96. The molecule has 1 aliphatic rings. The number of carboxylic acid groups (broad SMARTS) is 1. The third-order valence-electron chi connectivity index (χ3n) is 2.97. The summed E-state index contributed by atoms with van der Waals surface area (Å²) in [5.41, 5.74) is 0.864. The number of fused-ring (bicyclic) bond motifs is 1. The van der Waals surface area contributed by atoms with Gasteiger partial charge < -0.3 is 10.4 Å². The Morgan fingerprint density at radius 2 is 2.40 bits per heavy atom. The zero-order valence-electron chi connectivity index (χ0n) is 8.38. The highest BCUT2D eigenvalue weighted by Gasteiger charge is 2.42. The average molecular weight is 226 g/mol. The molecule has 80 valence electrons. The van der Waals surface area contributed by atoms with E-state index in [1.165, 1.54) is 0 Å². The van der Waals surface area contributed by atoms with Gasteiger partial charge in [0.1, 0.15) is 5.54 Å². The molecule has 0 amide bonds. The molecule has 4 heteroatoms. The highest BCUT2D eigenvalue weighted by Crippen LogP contribution is 2.39. The maximum absolute atomic E-state index is 11.2. The lowest BCUT2D eigenvalue weighted by Gasteiger charge is -2.23. The summed E-state index contributed by atoms with van der Waals surface area (Å²) in [6.07, 6.45) is 1.03. The number of hydrogen-bond donors (Lipinski definition) is 2. The van der Waals surface area contributed by atoms with Crippen molar-refractivity contribution in [2.45, 2.75) is 25.3 Å². The topological polar surface area (TPSA) is 49.3 Å². The second-order valence-electron chi connectivity index (χ2n) is 3.82. The molecule has 1 aromatic rings. The number of anilines is 1. The van der Waals surface area contributed by atoms with Crippen molar-refractivity contribution in [2.24, 2.45) is 0 Å². The smallest absolute Gasteiger partial charge is 0.329 e. The van der Waals surface area contributed by atoms with Crippen LogP contribution in [0.5, 0.6) is 0 Å². The maximum atomic E-state index is 11.2. The van der Waals surface area contributed by atoms with Gasteiger partial charge in [-0.25, -0.2) is 4.79 Å². The van der Waals surface area contributed by atoms with Gasteiger partial charge >= 0.3 is 5.97 Å². The molecule has 0 aromatic heterocycles. The fraction of sp³-hybridized carbons (Fsp3) is 0.364. The van der Waals surface area contributed by atoms with Gasteiger partial charge in [-0.1, -0.05) is 30.7 Å². The van der Waals surface area contributed by atoms with E-state index < -0.39 is 11.5 Å². The molecule has 2 rings (SSSR count). The zero-order valence-corrected chi connectivity index (χ0v) is 9.14. The maximum Gasteiger partial charge on any atom is 0.329 e. The molecule has 15 heavy (non-hydrogen) atoms. The second-order valence-corrected chi connectivity index (χ2v) is 4.22. The first-order valence-electron chi connectivity index (χ1n) is 4.88. The SMILES string of the molecule is CCC1(C(=O)O)Cc2cccc(Cl)c2N1. The summed E-state index contributed by atoms with van der Waals surface area (Å²) in [5, 5.41) is 12.8. The van der Waals surface area contributed by atoms with E-state index in [1.54, 1.807) is 6.07 Å². The Kier molecular flexibility index (Phi) is 2.35. The first kappa shape index (κ1) is 10.3. The van der Waals surface area contributed by atoms with Crippen LogP contribution in [0.3, 0.4) is 0 Å². The van der Waals surface area contributed by atoms with Crippen molar-refractivity contribution in [2.75, 3.05) is 5.32 Å². The van der Waals surface area contributed by atoms with Crippen molar-refractivity contribution in [1.29, 1.82) is 0 Å². The van der Waals surface area contributed by atoms with E-state index in [0.717, 1.165) is 11.3 Å². The fourth-order valence-corrected chi connectivity index (χ4v) is 2.20. The van der Waals surface area contributed by atoms with E-state index >= 15 is 0 Å². The molecule has 1 aromatic carbocycles. The number of rotatable bonds is 2. The number of benzene rings is 1. The van der Waals surface area contributed by atoms with Crippen molar-refractivity contribution < 1.29 is 9.90 Å². The number of para-hydroxylation sites is 1. The molecule has 1 aliphatic heterocycles. The monoisotopic (exact) mass is 225 g/mol. The minimum absolute atomic E-state index is 0.495. The number of aliphatic carboxylic acids is 1. The van der Waals surface area contributed by atoms with Gasteiger partial charge in [-0.2, -0.15) is 0 Å². The molecule has 0 bridgehead atoms. The van der Waals surface area contributed by atoms with Gasteiger partial charge in [0.05, 0.1) is 10.7 Å². The third-order valence-corrected chi connectivity index (χ3v) is 3.28. The summed E-state index contributed by atoms with van der Waals surface area (Å²) < 4.78 is 0. The van der Waals surface area contributed by atoms with Crippen LogP contribution in [-0.2, 0) is 11.2 Å². The standard InChI is InChI=1S/C11H12ClNO2/c1-2-11(10(14)15)6-7-4-3-5-8(12)9(7)13-11/h3-5,13H,2,6H2,1H3,(H,14,15). The van der Waals surface area contributed by atoms with E-state index in [4.69, 9.17) is 11.6 Å². The predicted octanol–water partition coefficient (Wildman–Crippen LogP) is 2.54. The van der Waals surface area contributed by atoms with E-state index in [0.29, 0.717) is 17.9 Å². The van der Waals surface area contributed by atoms with Crippen LogP contribution in [0.1, 0.15) is 18.9 Å². The normalized spacial score (nSPS) is 23.3. The van der Waals surface area contributed by atoms with Crippen LogP contribution in [0.2, 0.25) is 5.02 Å². The van der Waals surface area contributed by atoms with Crippen LogP contribution in [0.4, 0.5) is 5.69 Å². The van der Waals surface area contributed by atoms with Crippen LogP contribution in [0.25, 0.3) is 0 Å². The molecular weight excluding hydrogens is 214 g/mol. The van der Waals surface area contributed by atoms with E-state index in [-0.39, 0.29) is 0 Å². The average Bonchev–Trinajstić information content (AvgIpc) is 2.59. The Labute approximate surface area is 93.1 Å². The number of hydrogen-bond acceptors (Lipinski definition) is 2. The third kappa shape index (κ3) is 1.47. The van der Waals surface area contributed by atoms with Crippen molar-refractivity contribution >= 4 is 23.3 Å². The number of carbonyl (C=O) groups is 1. The van der Waals surface area contributed by atoms with Crippen molar-refractivity contribution in [3.05, 3.63) is 28.8 Å². The zero-order chi connectivity index (χ0) is 11.1. The van der Waals surface area contributed by atoms with Gasteiger partial charge in [0, 0.05) is 6.42 Å². The predicted molar refractivity (Wildman–Crippen MR) is 59.4 cm³/mol. The van der Waals surface area contributed by atoms with Gasteiger partial charge in [0.2, 0.25) is 0 Å². The van der Waals surface area contributed by atoms with E-state index in [9.17, 15) is 9.90 Å². The Morgan fingerprint density at radius 1 is 1.67 bits per heavy atom. The van der Waals surface area contributed by atoms with Gasteiger partial charge in [-0.15, -0.1) is 0 Å². The molecule has 1 unspecified atom stereocenters. The van der Waals surface area contributed by atoms with Gasteiger partial charge in [-0.3, -0.25) is 0 Å². The number of nitrogens with one attached hydrogen (secondary N) is 1. The Balaban J connectivity index is 2.44. The van der Waals surface area contributed by atoms with Crippen LogP contribution in [-0.4, -0.2) is 16.6 Å². The van der Waals surface area contributed by atoms with Crippen molar-refractivity contribution in [3.8, 4) is 0 Å². The number of halogens is 1. The first-order chi connectivity index (χ1) is 7.09. The molecule has 0 saturated heterocycles. The van der Waals surface area contributed by atoms with E-state index in [1.807, 2.05) is 19.1 Å². The molecule has 0 fully saturated rings. The summed E-state index contributed by atoms with van der Waals surface area (Å²) in [6.45, 7) is 1.86. The van der Waals surface area contributed by atoms with Gasteiger partial charge in [0.15, 0.2) is 0 Å². The van der Waals surface area contributed by atoms with Crippen LogP contribution in [0.15, 0.2) is 18.2 Å². The summed E-state index contributed by atoms with van der Waals surface area (Å²) in [5.74, 6) is -0.822. The van der Waals surface area contributed by atoms with Crippen molar-refractivity contribution in [3.63, 3.8) is 0 Å². The minimum Gasteiger partial charge on any atom is -0.479 e. The first-order valence-corrected chi connectivity index (χ1v) is 5.26. The molecule has 1 heterocycles. The molecule has 0 radical (unpaired) electrons. The lowest BCUT2D eigenvalue weighted by molar-refractivity contribution is -0.142. The molecule has 0 spiro atoms. The van der Waals surface area contributed by atoms with E-state index in [2.05, 4.69) is 5.32 Å². The molecule has 2 N–H and O–H groups in total. The summed E-state index contributed by atoms with van der Waals surface area (Å²) in [7, 11) is 0. The lowest BCUT2D eigenvalue weighted by atomic mass is 9.92. The minimum atomic E-state index is -0.882. The second kappa shape index (κ2) is 3.42. The largest absolute Gasteiger partial charge is 0.479 e. The summed E-state index contributed by atoms with van der Waals surface area (Å²) >= 11 is 6.00. The Morgan fingerprint density at radius 3 is 2.93 bits per heavy atom. The van der Waals surface area contributed by atoms with Crippen LogP contribution < -0.4 is 5.32 Å². The molecule has 1 atom stereocenters. The molecule has 0 saturated carbocycles. The summed E-state index contributed by atoms with van der Waals surface area (Å²) in [4.78, 5) is 11.2. The summed E-state index contributed by atoms with van der Waals surface area (Å²) in [6, 6.07) is 5.52. The van der Waals surface area contributed by atoms with Crippen molar-refractivity contribution in [1.82, 2.24) is 0 Å². The van der Waals surface area contributed by atoms with Gasteiger partial charge in [-0.05, 0) is 18.1 Å². The molecule has 3 nitrogen and oxygen atoms in total. The van der Waals surface area contributed by atoms with Crippen LogP contribution in [0, 0.1) is 0 Å². The quantitative estimate of drug-likeness (QED) is 0.813. The Bertz CT molecular complexity index is 419. The van der Waals surface area contributed by atoms with Gasteiger partial charge in [0.25, 0.3) is 0 Å². The highest BCUT2D eigenvalue weighted by molar-refractivity contribution is 6.33.